The van der Waals surface area contributed by atoms with Gasteiger partial charge in [0.25, 0.3) is 0 Å². The second-order valence-corrected chi connectivity index (χ2v) is 4.96. The van der Waals surface area contributed by atoms with Crippen molar-refractivity contribution in [3.8, 4) is 0 Å². The maximum absolute atomic E-state index is 11.9. The van der Waals surface area contributed by atoms with Crippen LogP contribution in [0.3, 0.4) is 0 Å². The Hall–Kier alpha value is -2.04. The molecule has 1 aromatic carbocycles. The number of azide groups is 1. The number of benzene rings is 1. The molecular formula is C14H18N4O2. The van der Waals surface area contributed by atoms with Crippen LogP contribution in [-0.2, 0) is 16.8 Å². The number of rotatable bonds is 5. The van der Waals surface area contributed by atoms with Crippen molar-refractivity contribution in [2.45, 2.75) is 31.2 Å². The van der Waals surface area contributed by atoms with E-state index in [2.05, 4.69) is 15.3 Å². The smallest absolute Gasteiger partial charge is 0.328 e. The van der Waals surface area contributed by atoms with E-state index in [0.29, 0.717) is 13.0 Å². The van der Waals surface area contributed by atoms with Crippen LogP contribution in [0.1, 0.15) is 30.4 Å². The SMILES string of the molecule is [N-]=[N+]=NCCNC1(C(=O)O)CCCCc2ccccc21. The van der Waals surface area contributed by atoms with Gasteiger partial charge < -0.3 is 5.11 Å². The van der Waals surface area contributed by atoms with Crippen LogP contribution in [0.4, 0.5) is 0 Å². The van der Waals surface area contributed by atoms with E-state index in [1.54, 1.807) is 0 Å². The molecular weight excluding hydrogens is 256 g/mol. The van der Waals surface area contributed by atoms with Gasteiger partial charge in [0.15, 0.2) is 0 Å². The fourth-order valence-electron chi connectivity index (χ4n) is 2.84. The molecule has 0 spiro atoms. The van der Waals surface area contributed by atoms with Gasteiger partial charge in [-0.1, -0.05) is 35.8 Å². The molecule has 0 aliphatic heterocycles. The summed E-state index contributed by atoms with van der Waals surface area (Å²) in [4.78, 5) is 14.6. The van der Waals surface area contributed by atoms with Crippen molar-refractivity contribution in [3.05, 3.63) is 45.8 Å². The van der Waals surface area contributed by atoms with Gasteiger partial charge in [-0.15, -0.1) is 0 Å². The first-order valence-corrected chi connectivity index (χ1v) is 6.78. The molecule has 0 aromatic heterocycles. The van der Waals surface area contributed by atoms with E-state index in [-0.39, 0.29) is 6.54 Å². The molecule has 0 saturated carbocycles. The molecule has 0 heterocycles. The van der Waals surface area contributed by atoms with Crippen molar-refractivity contribution in [1.82, 2.24) is 5.32 Å². The highest BCUT2D eigenvalue weighted by atomic mass is 16.4. The standard InChI is InChI=1S/C14H18N4O2/c15-18-17-10-9-16-14(13(19)20)8-4-3-6-11-5-1-2-7-12(11)14/h1-2,5,7,16H,3-4,6,8-10H2,(H,19,20). The lowest BCUT2D eigenvalue weighted by Crippen LogP contribution is -2.50. The Balaban J connectivity index is 2.35. The minimum absolute atomic E-state index is 0.244. The highest BCUT2D eigenvalue weighted by molar-refractivity contribution is 5.81. The lowest BCUT2D eigenvalue weighted by Gasteiger charge is -2.31. The van der Waals surface area contributed by atoms with E-state index in [1.807, 2.05) is 24.3 Å². The highest BCUT2D eigenvalue weighted by Crippen LogP contribution is 2.34. The lowest BCUT2D eigenvalue weighted by molar-refractivity contribution is -0.145. The maximum atomic E-state index is 11.9. The fourth-order valence-corrected chi connectivity index (χ4v) is 2.84. The molecule has 0 amide bonds. The summed E-state index contributed by atoms with van der Waals surface area (Å²) in [5, 5.41) is 16.3. The molecule has 20 heavy (non-hydrogen) atoms. The second-order valence-electron chi connectivity index (χ2n) is 4.96. The zero-order valence-corrected chi connectivity index (χ0v) is 11.2. The van der Waals surface area contributed by atoms with Crippen LogP contribution in [0, 0.1) is 0 Å². The third-order valence-corrected chi connectivity index (χ3v) is 3.79. The van der Waals surface area contributed by atoms with Crippen LogP contribution in [0.25, 0.3) is 10.4 Å². The third kappa shape index (κ3) is 2.76. The Morgan fingerprint density at radius 3 is 3.00 bits per heavy atom. The van der Waals surface area contributed by atoms with E-state index in [0.717, 1.165) is 30.4 Å². The van der Waals surface area contributed by atoms with E-state index >= 15 is 0 Å². The van der Waals surface area contributed by atoms with Crippen molar-refractivity contribution in [2.75, 3.05) is 13.1 Å². The number of carbonyl (C=O) groups is 1. The first kappa shape index (κ1) is 14.4. The topological polar surface area (TPSA) is 98.1 Å². The molecule has 1 unspecified atom stereocenters. The summed E-state index contributed by atoms with van der Waals surface area (Å²) in [5.74, 6) is -0.868. The van der Waals surface area contributed by atoms with E-state index in [1.165, 1.54) is 0 Å². The summed E-state index contributed by atoms with van der Waals surface area (Å²) in [6.07, 6.45) is 3.30. The number of aryl methyl sites for hydroxylation is 1. The van der Waals surface area contributed by atoms with Gasteiger partial charge in [-0.25, -0.2) is 4.79 Å². The predicted octanol–water partition coefficient (Wildman–Crippen LogP) is 2.59. The van der Waals surface area contributed by atoms with Crippen molar-refractivity contribution in [3.63, 3.8) is 0 Å². The van der Waals surface area contributed by atoms with Crippen LogP contribution < -0.4 is 5.32 Å². The van der Waals surface area contributed by atoms with E-state index in [4.69, 9.17) is 5.53 Å². The summed E-state index contributed by atoms with van der Waals surface area (Å²) in [6.45, 7) is 0.596. The lowest BCUT2D eigenvalue weighted by atomic mass is 9.84. The van der Waals surface area contributed by atoms with E-state index < -0.39 is 11.5 Å². The molecule has 6 nitrogen and oxygen atoms in total. The molecule has 2 N–H and O–H groups in total. The Morgan fingerprint density at radius 1 is 1.45 bits per heavy atom. The second kappa shape index (κ2) is 6.41. The zero-order valence-electron chi connectivity index (χ0n) is 11.2. The number of aliphatic carboxylic acids is 1. The van der Waals surface area contributed by atoms with Gasteiger partial charge in [-0.2, -0.15) is 0 Å². The van der Waals surface area contributed by atoms with Crippen LogP contribution in [0.5, 0.6) is 0 Å². The molecule has 1 atom stereocenters. The first-order valence-electron chi connectivity index (χ1n) is 6.78. The molecule has 1 aliphatic carbocycles. The largest absolute Gasteiger partial charge is 0.480 e. The monoisotopic (exact) mass is 274 g/mol. The van der Waals surface area contributed by atoms with Crippen molar-refractivity contribution in [2.24, 2.45) is 5.11 Å². The Labute approximate surface area is 117 Å². The number of nitrogens with zero attached hydrogens (tertiary/aromatic N) is 3. The number of hydrogen-bond donors (Lipinski definition) is 2. The molecule has 0 bridgehead atoms. The average Bonchev–Trinajstić information content (AvgIpc) is 2.64. The number of nitrogens with one attached hydrogen (secondary N) is 1. The minimum atomic E-state index is -1.07. The van der Waals surface area contributed by atoms with Gasteiger partial charge >= 0.3 is 5.97 Å². The van der Waals surface area contributed by atoms with Crippen LogP contribution in [-0.4, -0.2) is 24.2 Å². The normalized spacial score (nSPS) is 21.4. The molecule has 2 rings (SSSR count). The molecule has 0 fully saturated rings. The molecule has 6 heteroatoms. The predicted molar refractivity (Wildman–Crippen MR) is 75.3 cm³/mol. The van der Waals surface area contributed by atoms with Gasteiger partial charge in [0.2, 0.25) is 0 Å². The average molecular weight is 274 g/mol. The third-order valence-electron chi connectivity index (χ3n) is 3.79. The molecule has 106 valence electrons. The number of hydrogen-bond acceptors (Lipinski definition) is 3. The van der Waals surface area contributed by atoms with Gasteiger partial charge in [-0.05, 0) is 35.9 Å². The number of carboxylic acids is 1. The van der Waals surface area contributed by atoms with Crippen LogP contribution >= 0.6 is 0 Å². The summed E-state index contributed by atoms with van der Waals surface area (Å²) in [6, 6.07) is 7.69. The zero-order chi connectivity index (χ0) is 14.4. The fraction of sp³-hybridized carbons (Fsp3) is 0.500. The maximum Gasteiger partial charge on any atom is 0.328 e. The Bertz CT molecular complexity index is 540. The van der Waals surface area contributed by atoms with Crippen LogP contribution in [0.2, 0.25) is 0 Å². The summed E-state index contributed by atoms with van der Waals surface area (Å²) < 4.78 is 0. The van der Waals surface area contributed by atoms with Gasteiger partial charge in [0.1, 0.15) is 5.54 Å². The number of fused-ring (bicyclic) bond motifs is 1. The Kier molecular flexibility index (Phi) is 4.61. The summed E-state index contributed by atoms with van der Waals surface area (Å²) in [5.41, 5.74) is 9.15. The minimum Gasteiger partial charge on any atom is -0.480 e. The summed E-state index contributed by atoms with van der Waals surface area (Å²) >= 11 is 0. The first-order chi connectivity index (χ1) is 9.70. The molecule has 1 aliphatic rings. The van der Waals surface area contributed by atoms with Crippen molar-refractivity contribution < 1.29 is 9.90 Å². The van der Waals surface area contributed by atoms with Gasteiger partial charge in [0.05, 0.1) is 0 Å². The van der Waals surface area contributed by atoms with Gasteiger partial charge in [0, 0.05) is 18.0 Å². The van der Waals surface area contributed by atoms with Crippen molar-refractivity contribution in [1.29, 1.82) is 0 Å². The molecule has 1 aromatic rings. The van der Waals surface area contributed by atoms with Crippen LogP contribution in [0.15, 0.2) is 29.4 Å². The quantitative estimate of drug-likeness (QED) is 0.284. The molecule has 0 radical (unpaired) electrons. The van der Waals surface area contributed by atoms with Gasteiger partial charge in [-0.3, -0.25) is 5.32 Å². The van der Waals surface area contributed by atoms with Crippen molar-refractivity contribution >= 4 is 5.97 Å². The Morgan fingerprint density at radius 2 is 2.25 bits per heavy atom. The highest BCUT2D eigenvalue weighted by Gasteiger charge is 2.41. The van der Waals surface area contributed by atoms with E-state index in [9.17, 15) is 9.90 Å². The number of carboxylic acid groups (broad SMARTS) is 1. The summed E-state index contributed by atoms with van der Waals surface area (Å²) in [7, 11) is 0. The molecule has 0 saturated heterocycles.